The molecule has 0 saturated carbocycles. The summed E-state index contributed by atoms with van der Waals surface area (Å²) in [4.78, 5) is 2.35. The van der Waals surface area contributed by atoms with E-state index >= 15 is 0 Å². The van der Waals surface area contributed by atoms with Crippen LogP contribution in [-0.2, 0) is 0 Å². The Morgan fingerprint density at radius 2 is 0.565 bits per heavy atom. The maximum Gasteiger partial charge on any atom is 0.0547 e. The van der Waals surface area contributed by atoms with Gasteiger partial charge in [-0.2, -0.15) is 0 Å². The van der Waals surface area contributed by atoms with E-state index in [1.165, 1.54) is 71.9 Å². The average molecular weight is 791 g/mol. The van der Waals surface area contributed by atoms with Crippen LogP contribution in [0.15, 0.2) is 255 Å². The van der Waals surface area contributed by atoms with E-state index in [-0.39, 0.29) is 0 Å². The predicted molar refractivity (Wildman–Crippen MR) is 263 cm³/mol. The summed E-state index contributed by atoms with van der Waals surface area (Å²) >= 11 is 0. The van der Waals surface area contributed by atoms with Gasteiger partial charge in [-0.1, -0.05) is 188 Å². The van der Waals surface area contributed by atoms with E-state index in [0.717, 1.165) is 28.3 Å². The molecule has 0 aliphatic carbocycles. The second-order valence-electron chi connectivity index (χ2n) is 15.8. The molecule has 2 heteroatoms. The number of benzene rings is 10. The molecule has 11 rings (SSSR count). The van der Waals surface area contributed by atoms with Gasteiger partial charge in [0.25, 0.3) is 0 Å². The highest BCUT2D eigenvalue weighted by atomic mass is 15.1. The Bertz CT molecular complexity index is 3140. The lowest BCUT2D eigenvalue weighted by molar-refractivity contribution is 1.18. The molecule has 0 aliphatic rings. The number of hydrogen-bond acceptors (Lipinski definition) is 1. The molecule has 0 spiro atoms. The number of aromatic nitrogens is 1. The Morgan fingerprint density at radius 3 is 1.02 bits per heavy atom. The van der Waals surface area contributed by atoms with Gasteiger partial charge in [-0.05, 0) is 122 Å². The molecular formula is C60H42N2. The maximum absolute atomic E-state index is 2.45. The van der Waals surface area contributed by atoms with Crippen LogP contribution >= 0.6 is 0 Å². The minimum atomic E-state index is 1.09. The van der Waals surface area contributed by atoms with Crippen LogP contribution in [0, 0.1) is 0 Å². The third-order valence-corrected chi connectivity index (χ3v) is 12.0. The van der Waals surface area contributed by atoms with Crippen molar-refractivity contribution in [2.75, 3.05) is 4.90 Å². The van der Waals surface area contributed by atoms with Gasteiger partial charge in [0.2, 0.25) is 0 Å². The molecule has 0 atom stereocenters. The zero-order valence-corrected chi connectivity index (χ0v) is 34.1. The third kappa shape index (κ3) is 7.04. The van der Waals surface area contributed by atoms with Gasteiger partial charge in [-0.15, -0.1) is 0 Å². The molecule has 2 nitrogen and oxygen atoms in total. The van der Waals surface area contributed by atoms with Gasteiger partial charge in [0.15, 0.2) is 0 Å². The molecule has 1 heterocycles. The van der Waals surface area contributed by atoms with E-state index in [9.17, 15) is 0 Å². The Balaban J connectivity index is 1.01. The Hall–Kier alpha value is -8.20. The lowest BCUT2D eigenvalue weighted by atomic mass is 9.98. The summed E-state index contributed by atoms with van der Waals surface area (Å²) in [5, 5.41) is 2.47. The molecule has 292 valence electrons. The molecule has 0 fully saturated rings. The van der Waals surface area contributed by atoms with Crippen molar-refractivity contribution < 1.29 is 0 Å². The van der Waals surface area contributed by atoms with Crippen molar-refractivity contribution in [2.24, 2.45) is 0 Å². The summed E-state index contributed by atoms with van der Waals surface area (Å²) in [6.45, 7) is 0. The SMILES string of the molecule is c1ccc(-c2ccc(N(c3ccc(-c4ccccc4)cc3)c3ccc(-c4ccc5c6ccccc6n(-c6cc(-c7ccccc7)cc(-c7ccccc7)c6)c5c4)cc3)cc2)cc1. The minimum Gasteiger partial charge on any atom is -0.311 e. The van der Waals surface area contributed by atoms with Crippen LogP contribution in [0.25, 0.3) is 83.1 Å². The molecule has 0 bridgehead atoms. The molecule has 1 aromatic heterocycles. The lowest BCUT2D eigenvalue weighted by Gasteiger charge is -2.26. The van der Waals surface area contributed by atoms with Gasteiger partial charge in [0.1, 0.15) is 0 Å². The molecule has 0 N–H and O–H groups in total. The molecule has 0 amide bonds. The number of fused-ring (bicyclic) bond motifs is 3. The van der Waals surface area contributed by atoms with E-state index in [4.69, 9.17) is 0 Å². The van der Waals surface area contributed by atoms with Crippen LogP contribution in [0.2, 0.25) is 0 Å². The fourth-order valence-electron chi connectivity index (χ4n) is 8.88. The van der Waals surface area contributed by atoms with Gasteiger partial charge < -0.3 is 9.47 Å². The third-order valence-electron chi connectivity index (χ3n) is 12.0. The molecular weight excluding hydrogens is 749 g/mol. The largest absolute Gasteiger partial charge is 0.311 e. The first-order valence-electron chi connectivity index (χ1n) is 21.2. The average Bonchev–Trinajstić information content (AvgIpc) is 3.69. The van der Waals surface area contributed by atoms with E-state index in [2.05, 4.69) is 264 Å². The van der Waals surface area contributed by atoms with Gasteiger partial charge in [-0.25, -0.2) is 0 Å². The minimum absolute atomic E-state index is 1.09. The number of anilines is 3. The van der Waals surface area contributed by atoms with Crippen molar-refractivity contribution in [1.82, 2.24) is 4.57 Å². The lowest BCUT2D eigenvalue weighted by Crippen LogP contribution is -2.09. The summed E-state index contributed by atoms with van der Waals surface area (Å²) in [7, 11) is 0. The van der Waals surface area contributed by atoms with Gasteiger partial charge in [0.05, 0.1) is 11.0 Å². The Kier molecular flexibility index (Phi) is 9.57. The molecule has 0 aliphatic heterocycles. The highest BCUT2D eigenvalue weighted by molar-refractivity contribution is 6.10. The van der Waals surface area contributed by atoms with Crippen LogP contribution in [0.4, 0.5) is 17.1 Å². The monoisotopic (exact) mass is 790 g/mol. The van der Waals surface area contributed by atoms with Crippen LogP contribution in [-0.4, -0.2) is 4.57 Å². The first-order valence-corrected chi connectivity index (χ1v) is 21.2. The van der Waals surface area contributed by atoms with Crippen LogP contribution in [0.3, 0.4) is 0 Å². The summed E-state index contributed by atoms with van der Waals surface area (Å²) in [5.74, 6) is 0. The molecule has 0 unspecified atom stereocenters. The van der Waals surface area contributed by atoms with E-state index < -0.39 is 0 Å². The highest BCUT2D eigenvalue weighted by Gasteiger charge is 2.17. The van der Waals surface area contributed by atoms with Crippen LogP contribution in [0.5, 0.6) is 0 Å². The highest BCUT2D eigenvalue weighted by Crippen LogP contribution is 2.40. The molecule has 62 heavy (non-hydrogen) atoms. The van der Waals surface area contributed by atoms with Crippen molar-refractivity contribution in [3.8, 4) is 61.3 Å². The fraction of sp³-hybridized carbons (Fsp3) is 0. The van der Waals surface area contributed by atoms with Gasteiger partial charge in [-0.3, -0.25) is 0 Å². The van der Waals surface area contributed by atoms with Crippen LogP contribution in [0.1, 0.15) is 0 Å². The van der Waals surface area contributed by atoms with Crippen molar-refractivity contribution in [3.63, 3.8) is 0 Å². The summed E-state index contributed by atoms with van der Waals surface area (Å²) in [6.07, 6.45) is 0. The summed E-state index contributed by atoms with van der Waals surface area (Å²) in [5.41, 5.74) is 18.7. The zero-order valence-electron chi connectivity index (χ0n) is 34.1. The normalized spacial score (nSPS) is 11.2. The quantitative estimate of drug-likeness (QED) is 0.141. The summed E-state index contributed by atoms with van der Waals surface area (Å²) < 4.78 is 2.45. The topological polar surface area (TPSA) is 8.17 Å². The zero-order chi connectivity index (χ0) is 41.2. The van der Waals surface area contributed by atoms with E-state index in [0.29, 0.717) is 0 Å². The molecule has 11 aromatic rings. The van der Waals surface area contributed by atoms with Crippen molar-refractivity contribution in [1.29, 1.82) is 0 Å². The number of rotatable bonds is 9. The molecule has 10 aromatic carbocycles. The predicted octanol–water partition coefficient (Wildman–Crippen LogP) is 16.6. The summed E-state index contributed by atoms with van der Waals surface area (Å²) in [6, 6.07) is 92.0. The fourth-order valence-corrected chi connectivity index (χ4v) is 8.88. The van der Waals surface area contributed by atoms with E-state index in [1.807, 2.05) is 0 Å². The first kappa shape index (κ1) is 36.8. The van der Waals surface area contributed by atoms with E-state index in [1.54, 1.807) is 0 Å². The van der Waals surface area contributed by atoms with Gasteiger partial charge in [0, 0.05) is 33.5 Å². The maximum atomic E-state index is 2.45. The first-order chi connectivity index (χ1) is 30.7. The number of hydrogen-bond donors (Lipinski definition) is 0. The molecule has 0 saturated heterocycles. The second-order valence-corrected chi connectivity index (χ2v) is 15.8. The Morgan fingerprint density at radius 1 is 0.226 bits per heavy atom. The number of nitrogens with zero attached hydrogens (tertiary/aromatic N) is 2. The van der Waals surface area contributed by atoms with Crippen molar-refractivity contribution in [3.05, 3.63) is 255 Å². The Labute approximate surface area is 362 Å². The molecule has 0 radical (unpaired) electrons. The smallest absolute Gasteiger partial charge is 0.0547 e. The van der Waals surface area contributed by atoms with Crippen molar-refractivity contribution >= 4 is 38.9 Å². The van der Waals surface area contributed by atoms with Crippen LogP contribution < -0.4 is 4.90 Å². The van der Waals surface area contributed by atoms with Gasteiger partial charge >= 0.3 is 0 Å². The standard InChI is InChI=1S/C60H42N2/c1-5-15-43(16-6-1)47-25-32-53(33-26-47)61(54-34-27-48(28-35-54)44-17-7-2-8-18-44)55-36-29-49(30-37-55)50-31-38-58-57-23-13-14-24-59(57)62(60(58)42-50)56-40-51(45-19-9-3-10-20-45)39-52(41-56)46-21-11-4-12-22-46/h1-42H. The van der Waals surface area contributed by atoms with Crippen molar-refractivity contribution in [2.45, 2.75) is 0 Å². The second kappa shape index (κ2) is 16.1. The number of para-hydroxylation sites is 1.